The third kappa shape index (κ3) is 4.30. The van der Waals surface area contributed by atoms with E-state index in [0.717, 1.165) is 26.7 Å². The molecule has 1 heterocycles. The normalized spacial score (nSPS) is 10.5. The van der Waals surface area contributed by atoms with Crippen molar-refractivity contribution < 1.29 is 5.11 Å². The molecule has 3 rings (SSSR count). The van der Waals surface area contributed by atoms with Gasteiger partial charge in [0.2, 0.25) is 0 Å². The van der Waals surface area contributed by atoms with Gasteiger partial charge in [-0.1, -0.05) is 50.6 Å². The van der Waals surface area contributed by atoms with Gasteiger partial charge in [-0.3, -0.25) is 0 Å². The van der Waals surface area contributed by atoms with Crippen LogP contribution in [0.25, 0.3) is 20.8 Å². The summed E-state index contributed by atoms with van der Waals surface area (Å²) in [6.45, 7) is 8.57. The molecule has 2 aromatic carbocycles. The number of phenolic OH excluding ortho intramolecular Hbond substituents is 1. The van der Waals surface area contributed by atoms with E-state index in [0.29, 0.717) is 0 Å². The second kappa shape index (κ2) is 6.72. The summed E-state index contributed by atoms with van der Waals surface area (Å²) in [5.41, 5.74) is 3.30. The number of thiazole rings is 1. The average molecular weight is 299 g/mol. The van der Waals surface area contributed by atoms with Gasteiger partial charge in [-0.15, -0.1) is 11.3 Å². The highest BCUT2D eigenvalue weighted by Gasteiger charge is 2.06. The molecule has 0 aliphatic carbocycles. The highest BCUT2D eigenvalue weighted by Crippen LogP contribution is 2.31. The molecule has 21 heavy (non-hydrogen) atoms. The number of nitrogens with zero attached hydrogens (tertiary/aromatic N) is 1. The predicted octanol–water partition coefficient (Wildman–Crippen LogP) is 5.64. The summed E-state index contributed by atoms with van der Waals surface area (Å²) < 4.78 is 1.01. The van der Waals surface area contributed by atoms with Gasteiger partial charge in [0, 0.05) is 5.56 Å². The third-order valence-corrected chi connectivity index (χ3v) is 3.74. The van der Waals surface area contributed by atoms with Crippen molar-refractivity contribution in [1.29, 1.82) is 0 Å². The zero-order chi connectivity index (χ0) is 15.4. The fourth-order valence-electron chi connectivity index (χ4n) is 1.73. The van der Waals surface area contributed by atoms with Crippen molar-refractivity contribution >= 4 is 21.6 Å². The Kier molecular flexibility index (Phi) is 4.97. The van der Waals surface area contributed by atoms with Gasteiger partial charge in [0.25, 0.3) is 0 Å². The molecule has 1 N–H and O–H groups in total. The monoisotopic (exact) mass is 299 g/mol. The standard InChI is InChI=1S/C14H11NOS.C4H10/c1-9-2-4-10(5-3-9)14-15-12-7-6-11(16)8-13(12)17-14;1-4(2)3/h2-8,16H,1H3;4H,1-3H3. The number of hydrogen-bond acceptors (Lipinski definition) is 3. The number of hydrogen-bond donors (Lipinski definition) is 1. The molecule has 3 heteroatoms. The molecular formula is C18H21NOS. The Morgan fingerprint density at radius 3 is 2.24 bits per heavy atom. The molecule has 0 bridgehead atoms. The summed E-state index contributed by atoms with van der Waals surface area (Å²) >= 11 is 1.60. The van der Waals surface area contributed by atoms with E-state index in [9.17, 15) is 5.11 Å². The Morgan fingerprint density at radius 1 is 1.00 bits per heavy atom. The maximum Gasteiger partial charge on any atom is 0.124 e. The van der Waals surface area contributed by atoms with Crippen LogP contribution in [0.2, 0.25) is 0 Å². The molecule has 0 aliphatic rings. The Labute approximate surface area is 130 Å². The smallest absolute Gasteiger partial charge is 0.124 e. The lowest BCUT2D eigenvalue weighted by molar-refractivity contribution is 0.476. The number of aryl methyl sites for hydroxylation is 1. The Bertz CT molecular complexity index is 711. The van der Waals surface area contributed by atoms with Crippen LogP contribution < -0.4 is 0 Å². The van der Waals surface area contributed by atoms with E-state index in [2.05, 4.69) is 56.9 Å². The Hall–Kier alpha value is -1.87. The number of benzene rings is 2. The van der Waals surface area contributed by atoms with Crippen molar-refractivity contribution in [3.63, 3.8) is 0 Å². The topological polar surface area (TPSA) is 33.1 Å². The second-order valence-electron chi connectivity index (χ2n) is 5.77. The molecule has 1 aromatic heterocycles. The summed E-state index contributed by atoms with van der Waals surface area (Å²) in [6, 6.07) is 13.6. The first-order chi connectivity index (χ1) is 9.95. The largest absolute Gasteiger partial charge is 0.508 e. The summed E-state index contributed by atoms with van der Waals surface area (Å²) in [5.74, 6) is 1.12. The fraction of sp³-hybridized carbons (Fsp3) is 0.278. The van der Waals surface area contributed by atoms with E-state index in [1.807, 2.05) is 6.07 Å². The lowest BCUT2D eigenvalue weighted by Gasteiger charge is -1.95. The average Bonchev–Trinajstić information content (AvgIpc) is 2.81. The van der Waals surface area contributed by atoms with Crippen LogP contribution in [-0.4, -0.2) is 10.1 Å². The van der Waals surface area contributed by atoms with Gasteiger partial charge in [0.1, 0.15) is 10.8 Å². The lowest BCUT2D eigenvalue weighted by Crippen LogP contribution is -1.76. The first kappa shape index (κ1) is 15.5. The van der Waals surface area contributed by atoms with Crippen LogP contribution >= 0.6 is 11.3 Å². The maximum absolute atomic E-state index is 9.43. The number of aromatic nitrogens is 1. The Balaban J connectivity index is 0.000000361. The van der Waals surface area contributed by atoms with Crippen LogP contribution in [0.15, 0.2) is 42.5 Å². The van der Waals surface area contributed by atoms with Crippen LogP contribution in [0.1, 0.15) is 26.3 Å². The van der Waals surface area contributed by atoms with Crippen molar-refractivity contribution in [3.8, 4) is 16.3 Å². The van der Waals surface area contributed by atoms with Gasteiger partial charge in [-0.25, -0.2) is 4.98 Å². The lowest BCUT2D eigenvalue weighted by atomic mass is 10.2. The van der Waals surface area contributed by atoms with Gasteiger partial charge in [0.15, 0.2) is 0 Å². The first-order valence-electron chi connectivity index (χ1n) is 7.12. The number of rotatable bonds is 1. The minimum absolute atomic E-state index is 0.289. The van der Waals surface area contributed by atoms with Crippen LogP contribution in [0.5, 0.6) is 5.75 Å². The molecule has 0 radical (unpaired) electrons. The molecule has 0 aliphatic heterocycles. The van der Waals surface area contributed by atoms with Gasteiger partial charge in [-0.05, 0) is 31.0 Å². The van der Waals surface area contributed by atoms with E-state index >= 15 is 0 Å². The summed E-state index contributed by atoms with van der Waals surface area (Å²) in [6.07, 6.45) is 0. The molecule has 0 saturated carbocycles. The SMILES string of the molecule is CC(C)C.Cc1ccc(-c2nc3ccc(O)cc3s2)cc1. The van der Waals surface area contributed by atoms with E-state index in [-0.39, 0.29) is 5.75 Å². The van der Waals surface area contributed by atoms with Crippen LogP contribution in [0, 0.1) is 12.8 Å². The van der Waals surface area contributed by atoms with Crippen molar-refractivity contribution in [2.75, 3.05) is 0 Å². The zero-order valence-corrected chi connectivity index (χ0v) is 13.7. The van der Waals surface area contributed by atoms with E-state index in [1.165, 1.54) is 5.56 Å². The van der Waals surface area contributed by atoms with Crippen molar-refractivity contribution in [2.45, 2.75) is 27.7 Å². The third-order valence-electron chi connectivity index (χ3n) is 2.67. The van der Waals surface area contributed by atoms with E-state index in [1.54, 1.807) is 23.5 Å². The fourth-order valence-corrected chi connectivity index (χ4v) is 2.74. The molecule has 0 fully saturated rings. The first-order valence-corrected chi connectivity index (χ1v) is 7.94. The zero-order valence-electron chi connectivity index (χ0n) is 12.9. The summed E-state index contributed by atoms with van der Waals surface area (Å²) in [5, 5.41) is 10.4. The molecule has 110 valence electrons. The van der Waals surface area contributed by atoms with Crippen molar-refractivity contribution in [1.82, 2.24) is 4.98 Å². The highest BCUT2D eigenvalue weighted by atomic mass is 32.1. The minimum atomic E-state index is 0.289. The number of aromatic hydroxyl groups is 1. The summed E-state index contributed by atoms with van der Waals surface area (Å²) in [7, 11) is 0. The molecule has 0 amide bonds. The van der Waals surface area contributed by atoms with E-state index < -0.39 is 0 Å². The van der Waals surface area contributed by atoms with Crippen molar-refractivity contribution in [3.05, 3.63) is 48.0 Å². The molecular weight excluding hydrogens is 278 g/mol. The maximum atomic E-state index is 9.43. The number of phenols is 1. The molecule has 2 nitrogen and oxygen atoms in total. The molecule has 3 aromatic rings. The molecule has 0 unspecified atom stereocenters. The van der Waals surface area contributed by atoms with Crippen molar-refractivity contribution in [2.24, 2.45) is 5.92 Å². The summed E-state index contributed by atoms with van der Waals surface area (Å²) in [4.78, 5) is 4.56. The van der Waals surface area contributed by atoms with Crippen LogP contribution in [0.4, 0.5) is 0 Å². The second-order valence-corrected chi connectivity index (χ2v) is 6.80. The van der Waals surface area contributed by atoms with Gasteiger partial charge in [0.05, 0.1) is 10.2 Å². The van der Waals surface area contributed by atoms with Gasteiger partial charge in [-0.2, -0.15) is 0 Å². The minimum Gasteiger partial charge on any atom is -0.508 e. The molecule has 0 spiro atoms. The number of fused-ring (bicyclic) bond motifs is 1. The van der Waals surface area contributed by atoms with E-state index in [4.69, 9.17) is 0 Å². The molecule has 0 atom stereocenters. The van der Waals surface area contributed by atoms with Crippen LogP contribution in [-0.2, 0) is 0 Å². The quantitative estimate of drug-likeness (QED) is 0.630. The van der Waals surface area contributed by atoms with Crippen LogP contribution in [0.3, 0.4) is 0 Å². The Morgan fingerprint density at radius 2 is 1.62 bits per heavy atom. The van der Waals surface area contributed by atoms with Gasteiger partial charge >= 0.3 is 0 Å². The molecule has 0 saturated heterocycles. The van der Waals surface area contributed by atoms with Gasteiger partial charge < -0.3 is 5.11 Å². The predicted molar refractivity (Wildman–Crippen MR) is 92.0 cm³/mol. The highest BCUT2D eigenvalue weighted by molar-refractivity contribution is 7.21.